The molecule has 1 amide bonds. The first kappa shape index (κ1) is 18.2. The van der Waals surface area contributed by atoms with Gasteiger partial charge in [0.15, 0.2) is 0 Å². The van der Waals surface area contributed by atoms with Crippen LogP contribution in [0.15, 0.2) is 6.20 Å². The molecule has 0 saturated heterocycles. The molecule has 1 fully saturated rings. The van der Waals surface area contributed by atoms with Gasteiger partial charge in [-0.2, -0.15) is 4.98 Å². The average Bonchev–Trinajstić information content (AvgIpc) is 3.06. The molecule has 0 unspecified atom stereocenters. The lowest BCUT2D eigenvalue weighted by Crippen LogP contribution is -2.52. The number of ether oxygens (including phenoxy) is 1. The lowest BCUT2D eigenvalue weighted by molar-refractivity contribution is -0.384. The van der Waals surface area contributed by atoms with Gasteiger partial charge in [0.05, 0.1) is 17.6 Å². The Morgan fingerprint density at radius 1 is 1.46 bits per heavy atom. The number of carbonyl (C=O) groups excluding carboxylic acids is 1. The fourth-order valence-corrected chi connectivity index (χ4v) is 2.97. The summed E-state index contributed by atoms with van der Waals surface area (Å²) in [6.07, 6.45) is 4.05. The van der Waals surface area contributed by atoms with Gasteiger partial charge in [0.25, 0.3) is 0 Å². The summed E-state index contributed by atoms with van der Waals surface area (Å²) in [7, 11) is 0. The summed E-state index contributed by atoms with van der Waals surface area (Å²) in [6.45, 7) is 3.97. The summed E-state index contributed by atoms with van der Waals surface area (Å²) in [5.41, 5.74) is -0.297. The van der Waals surface area contributed by atoms with Crippen LogP contribution in [-0.4, -0.2) is 45.2 Å². The monoisotopic (exact) mass is 357 g/mol. The van der Waals surface area contributed by atoms with Gasteiger partial charge in [-0.1, -0.05) is 12.8 Å². The van der Waals surface area contributed by atoms with Crippen LogP contribution < -0.4 is 5.01 Å². The third-order valence-corrected chi connectivity index (χ3v) is 4.03. The Hall–Kier alpha value is -2.16. The molecule has 0 atom stereocenters. The Kier molecular flexibility index (Phi) is 6.13. The molecule has 0 N–H and O–H groups in total. The Balaban J connectivity index is 2.52. The van der Waals surface area contributed by atoms with E-state index in [2.05, 4.69) is 9.97 Å². The third kappa shape index (κ3) is 3.84. The van der Waals surface area contributed by atoms with Crippen LogP contribution in [0.25, 0.3) is 0 Å². The lowest BCUT2D eigenvalue weighted by atomic mass is 10.2. The number of amides is 1. The molecule has 1 aromatic heterocycles. The molecule has 132 valence electrons. The second kappa shape index (κ2) is 8.09. The Morgan fingerprint density at radius 2 is 2.12 bits per heavy atom. The summed E-state index contributed by atoms with van der Waals surface area (Å²) >= 11 is 5.85. The molecule has 1 heterocycles. The van der Waals surface area contributed by atoms with Crippen LogP contribution in [-0.2, 0) is 4.74 Å². The topological polar surface area (TPSA) is 102 Å². The molecule has 0 radical (unpaired) electrons. The van der Waals surface area contributed by atoms with Crippen LogP contribution in [0.4, 0.5) is 16.3 Å². The summed E-state index contributed by atoms with van der Waals surface area (Å²) in [5, 5.41) is 14.2. The minimum absolute atomic E-state index is 0.0156. The van der Waals surface area contributed by atoms with Crippen molar-refractivity contribution in [3.8, 4) is 0 Å². The van der Waals surface area contributed by atoms with Crippen LogP contribution in [0.5, 0.6) is 0 Å². The number of aromatic nitrogens is 2. The van der Waals surface area contributed by atoms with Gasteiger partial charge < -0.3 is 4.74 Å². The van der Waals surface area contributed by atoms with Gasteiger partial charge in [-0.3, -0.25) is 15.1 Å². The zero-order chi connectivity index (χ0) is 17.7. The maximum absolute atomic E-state index is 12.3. The van der Waals surface area contributed by atoms with Crippen molar-refractivity contribution in [2.75, 3.05) is 18.2 Å². The number of anilines is 1. The molecular weight excluding hydrogens is 338 g/mol. The summed E-state index contributed by atoms with van der Waals surface area (Å²) in [6, 6.07) is -0.0842. The fourth-order valence-electron chi connectivity index (χ4n) is 2.84. The van der Waals surface area contributed by atoms with Crippen molar-refractivity contribution in [2.45, 2.75) is 45.6 Å². The third-order valence-electron chi connectivity index (χ3n) is 3.84. The maximum atomic E-state index is 12.3. The zero-order valence-electron chi connectivity index (χ0n) is 13.6. The predicted molar refractivity (Wildman–Crippen MR) is 87.8 cm³/mol. The predicted octanol–water partition coefficient (Wildman–Crippen LogP) is 3.18. The highest BCUT2D eigenvalue weighted by Crippen LogP contribution is 2.34. The maximum Gasteiger partial charge on any atom is 0.428 e. The minimum Gasteiger partial charge on any atom is -0.448 e. The summed E-state index contributed by atoms with van der Waals surface area (Å²) in [4.78, 5) is 30.9. The molecule has 24 heavy (non-hydrogen) atoms. The first-order valence-electron chi connectivity index (χ1n) is 7.89. The van der Waals surface area contributed by atoms with Crippen molar-refractivity contribution in [2.24, 2.45) is 0 Å². The molecule has 0 aliphatic heterocycles. The fraction of sp³-hybridized carbons (Fsp3) is 0.643. The van der Waals surface area contributed by atoms with Gasteiger partial charge in [0.1, 0.15) is 6.20 Å². The van der Waals surface area contributed by atoms with Gasteiger partial charge in [0.2, 0.25) is 11.1 Å². The highest BCUT2D eigenvalue weighted by molar-refractivity contribution is 6.28. The molecule has 10 heteroatoms. The van der Waals surface area contributed by atoms with Crippen molar-refractivity contribution in [3.63, 3.8) is 0 Å². The van der Waals surface area contributed by atoms with E-state index in [0.717, 1.165) is 31.9 Å². The van der Waals surface area contributed by atoms with E-state index in [-0.39, 0.29) is 36.0 Å². The SMILES string of the molecule is CCOC(=O)N(CC)N(c1nc(Cl)ncc1[N+](=O)[O-])C1CCCC1. The Labute approximate surface area is 144 Å². The molecule has 0 bridgehead atoms. The van der Waals surface area contributed by atoms with Crippen molar-refractivity contribution in [1.29, 1.82) is 0 Å². The molecule has 1 aliphatic rings. The van der Waals surface area contributed by atoms with Crippen LogP contribution >= 0.6 is 11.6 Å². The number of nitro groups is 1. The zero-order valence-corrected chi connectivity index (χ0v) is 14.4. The number of rotatable bonds is 6. The molecule has 2 rings (SSSR count). The first-order chi connectivity index (χ1) is 11.5. The average molecular weight is 358 g/mol. The smallest absolute Gasteiger partial charge is 0.428 e. The molecule has 0 spiro atoms. The quantitative estimate of drug-likeness (QED) is 0.437. The number of hydrogen-bond acceptors (Lipinski definition) is 7. The van der Waals surface area contributed by atoms with E-state index < -0.39 is 11.0 Å². The molecule has 9 nitrogen and oxygen atoms in total. The van der Waals surface area contributed by atoms with Crippen molar-refractivity contribution in [3.05, 3.63) is 21.6 Å². The normalized spacial score (nSPS) is 14.5. The van der Waals surface area contributed by atoms with E-state index in [4.69, 9.17) is 16.3 Å². The van der Waals surface area contributed by atoms with Crippen LogP contribution in [0, 0.1) is 10.1 Å². The minimum atomic E-state index is -0.577. The van der Waals surface area contributed by atoms with Gasteiger partial charge in [-0.25, -0.2) is 14.8 Å². The van der Waals surface area contributed by atoms with Crippen molar-refractivity contribution in [1.82, 2.24) is 15.0 Å². The van der Waals surface area contributed by atoms with Gasteiger partial charge in [0, 0.05) is 6.54 Å². The number of carbonyl (C=O) groups is 1. The van der Waals surface area contributed by atoms with Crippen molar-refractivity contribution >= 4 is 29.2 Å². The van der Waals surface area contributed by atoms with E-state index in [1.54, 1.807) is 18.9 Å². The Bertz CT molecular complexity index is 609. The van der Waals surface area contributed by atoms with E-state index in [9.17, 15) is 14.9 Å². The standard InChI is InChI=1S/C14H20ClN5O4/c1-3-18(14(21)24-4-2)19(10-7-5-6-8-10)12-11(20(22)23)9-16-13(15)17-12/h9-10H,3-8H2,1-2H3. The highest BCUT2D eigenvalue weighted by Gasteiger charge is 2.36. The van der Waals surface area contributed by atoms with Gasteiger partial charge in [-0.05, 0) is 38.3 Å². The van der Waals surface area contributed by atoms with Crippen LogP contribution in [0.2, 0.25) is 5.28 Å². The molecular formula is C14H20ClN5O4. The van der Waals surface area contributed by atoms with E-state index in [1.165, 1.54) is 5.01 Å². The first-order valence-corrected chi connectivity index (χ1v) is 8.27. The summed E-state index contributed by atoms with van der Waals surface area (Å²) < 4.78 is 5.09. The van der Waals surface area contributed by atoms with Crippen molar-refractivity contribution < 1.29 is 14.5 Å². The second-order valence-electron chi connectivity index (χ2n) is 5.30. The number of hydrazine groups is 1. The van der Waals surface area contributed by atoms with Gasteiger partial charge >= 0.3 is 11.8 Å². The molecule has 1 aromatic rings. The number of hydrogen-bond donors (Lipinski definition) is 0. The molecule has 1 aliphatic carbocycles. The van der Waals surface area contributed by atoms with Crippen LogP contribution in [0.3, 0.4) is 0 Å². The second-order valence-corrected chi connectivity index (χ2v) is 5.64. The van der Waals surface area contributed by atoms with E-state index in [1.807, 2.05) is 0 Å². The number of halogens is 1. The largest absolute Gasteiger partial charge is 0.448 e. The van der Waals surface area contributed by atoms with E-state index >= 15 is 0 Å². The molecule has 1 saturated carbocycles. The lowest BCUT2D eigenvalue weighted by Gasteiger charge is -2.37. The highest BCUT2D eigenvalue weighted by atomic mass is 35.5. The van der Waals surface area contributed by atoms with Gasteiger partial charge in [-0.15, -0.1) is 0 Å². The summed E-state index contributed by atoms with van der Waals surface area (Å²) in [5.74, 6) is 0.0156. The molecule has 0 aromatic carbocycles. The Morgan fingerprint density at radius 3 is 2.67 bits per heavy atom. The number of nitrogens with zero attached hydrogens (tertiary/aromatic N) is 5. The van der Waals surface area contributed by atoms with Crippen LogP contribution in [0.1, 0.15) is 39.5 Å². The van der Waals surface area contributed by atoms with E-state index in [0.29, 0.717) is 0 Å².